The summed E-state index contributed by atoms with van der Waals surface area (Å²) in [7, 11) is 0. The number of nitrogens with zero attached hydrogens (tertiary/aromatic N) is 1. The first-order valence-corrected chi connectivity index (χ1v) is 10.7. The number of nitrogens with one attached hydrogen (secondary N) is 1. The Hall–Kier alpha value is -4.33. The van der Waals surface area contributed by atoms with Gasteiger partial charge in [0.1, 0.15) is 5.82 Å². The van der Waals surface area contributed by atoms with E-state index < -0.39 is 35.6 Å². The second-order valence-corrected chi connectivity index (χ2v) is 7.77. The molecule has 3 aromatic rings. The van der Waals surface area contributed by atoms with Gasteiger partial charge in [-0.2, -0.15) is 0 Å². The van der Waals surface area contributed by atoms with Crippen molar-refractivity contribution in [2.45, 2.75) is 19.4 Å². The topological polar surface area (TPSA) is 92.8 Å². The number of rotatable bonds is 7. The van der Waals surface area contributed by atoms with Gasteiger partial charge in [-0.1, -0.05) is 42.5 Å². The van der Waals surface area contributed by atoms with Gasteiger partial charge in [0.15, 0.2) is 6.10 Å². The number of hydrogen-bond donors (Lipinski definition) is 1. The standard InChI is InChI=1S/C26H21FN2O5/c1-16(23(30)28-22-10-6-5-9-21(22)27)34-26(33)18-11-12-19-20(15-18)25(32)29(24(19)31)14-13-17-7-3-2-4-8-17/h2-12,15-16H,13-14H2,1H3,(H,28,30). The summed E-state index contributed by atoms with van der Waals surface area (Å²) in [5.41, 5.74) is 1.30. The largest absolute Gasteiger partial charge is 0.449 e. The van der Waals surface area contributed by atoms with E-state index in [1.807, 2.05) is 30.3 Å². The summed E-state index contributed by atoms with van der Waals surface area (Å²) in [6.45, 7) is 1.56. The quantitative estimate of drug-likeness (QED) is 0.427. The molecule has 1 atom stereocenters. The number of amides is 3. The number of ether oxygens (including phenoxy) is 1. The molecule has 0 spiro atoms. The molecule has 8 heteroatoms. The zero-order valence-corrected chi connectivity index (χ0v) is 18.3. The van der Waals surface area contributed by atoms with Crippen LogP contribution in [0.5, 0.6) is 0 Å². The highest BCUT2D eigenvalue weighted by Gasteiger charge is 2.36. The summed E-state index contributed by atoms with van der Waals surface area (Å²) >= 11 is 0. The first kappa shape index (κ1) is 22.8. The van der Waals surface area contributed by atoms with Gasteiger partial charge >= 0.3 is 5.97 Å². The minimum absolute atomic E-state index is 0.0235. The molecule has 3 amide bonds. The molecule has 7 nitrogen and oxygen atoms in total. The minimum atomic E-state index is -1.22. The second-order valence-electron chi connectivity index (χ2n) is 7.77. The molecule has 1 heterocycles. The van der Waals surface area contributed by atoms with Gasteiger partial charge < -0.3 is 10.1 Å². The molecule has 4 rings (SSSR count). The fourth-order valence-electron chi connectivity index (χ4n) is 3.59. The van der Waals surface area contributed by atoms with E-state index in [9.17, 15) is 23.6 Å². The number of carbonyl (C=O) groups is 4. The molecule has 172 valence electrons. The van der Waals surface area contributed by atoms with E-state index in [2.05, 4.69) is 5.32 Å². The van der Waals surface area contributed by atoms with Gasteiger partial charge in [0.2, 0.25) is 0 Å². The monoisotopic (exact) mass is 460 g/mol. The summed E-state index contributed by atoms with van der Waals surface area (Å²) in [6.07, 6.45) is -0.712. The van der Waals surface area contributed by atoms with Crippen molar-refractivity contribution in [3.05, 3.63) is 101 Å². The number of halogens is 1. The fourth-order valence-corrected chi connectivity index (χ4v) is 3.59. The van der Waals surface area contributed by atoms with E-state index in [-0.39, 0.29) is 28.9 Å². The first-order valence-electron chi connectivity index (χ1n) is 10.7. The zero-order valence-electron chi connectivity index (χ0n) is 18.3. The second kappa shape index (κ2) is 9.66. The lowest BCUT2D eigenvalue weighted by Crippen LogP contribution is -2.31. The minimum Gasteiger partial charge on any atom is -0.449 e. The van der Waals surface area contributed by atoms with E-state index in [0.29, 0.717) is 6.42 Å². The molecule has 0 bridgehead atoms. The molecule has 3 aromatic carbocycles. The van der Waals surface area contributed by atoms with Crippen molar-refractivity contribution in [3.63, 3.8) is 0 Å². The van der Waals surface area contributed by atoms with Crippen LogP contribution in [-0.2, 0) is 16.0 Å². The molecule has 0 radical (unpaired) electrons. The molecule has 1 aliphatic rings. The molecule has 0 fully saturated rings. The lowest BCUT2D eigenvalue weighted by molar-refractivity contribution is -0.123. The van der Waals surface area contributed by atoms with Crippen LogP contribution in [0.25, 0.3) is 0 Å². The van der Waals surface area contributed by atoms with E-state index in [0.717, 1.165) is 10.5 Å². The maximum Gasteiger partial charge on any atom is 0.338 e. The van der Waals surface area contributed by atoms with Crippen molar-refractivity contribution >= 4 is 29.4 Å². The molecule has 0 saturated carbocycles. The third-order valence-electron chi connectivity index (χ3n) is 5.46. The Balaban J connectivity index is 1.42. The SMILES string of the molecule is CC(OC(=O)c1ccc2c(c1)C(=O)N(CCc1ccccc1)C2=O)C(=O)Nc1ccccc1F. The van der Waals surface area contributed by atoms with E-state index in [4.69, 9.17) is 4.74 Å². The Morgan fingerprint density at radius 3 is 2.35 bits per heavy atom. The first-order chi connectivity index (χ1) is 16.3. The molecular formula is C26H21FN2O5. The number of benzene rings is 3. The fraction of sp³-hybridized carbons (Fsp3) is 0.154. The average Bonchev–Trinajstić information content (AvgIpc) is 3.08. The van der Waals surface area contributed by atoms with Crippen molar-refractivity contribution in [3.8, 4) is 0 Å². The van der Waals surface area contributed by atoms with Crippen LogP contribution in [0.15, 0.2) is 72.8 Å². The highest BCUT2D eigenvalue weighted by atomic mass is 19.1. The summed E-state index contributed by atoms with van der Waals surface area (Å²) in [5.74, 6) is -3.09. The maximum absolute atomic E-state index is 13.7. The van der Waals surface area contributed by atoms with E-state index >= 15 is 0 Å². The molecule has 1 N–H and O–H groups in total. The number of anilines is 1. The van der Waals surface area contributed by atoms with Crippen LogP contribution in [0.3, 0.4) is 0 Å². The molecule has 0 aromatic heterocycles. The van der Waals surface area contributed by atoms with Crippen LogP contribution < -0.4 is 5.32 Å². The number of fused-ring (bicyclic) bond motifs is 1. The Kier molecular flexibility index (Phi) is 6.49. The van der Waals surface area contributed by atoms with Gasteiger partial charge in [-0.25, -0.2) is 9.18 Å². The van der Waals surface area contributed by atoms with Crippen LogP contribution in [0.4, 0.5) is 10.1 Å². The Morgan fingerprint density at radius 2 is 1.62 bits per heavy atom. The molecule has 1 unspecified atom stereocenters. The van der Waals surface area contributed by atoms with E-state index in [1.54, 1.807) is 6.07 Å². The molecule has 34 heavy (non-hydrogen) atoms. The van der Waals surface area contributed by atoms with Crippen molar-refractivity contribution in [2.75, 3.05) is 11.9 Å². The van der Waals surface area contributed by atoms with Crippen molar-refractivity contribution < 1.29 is 28.3 Å². The van der Waals surface area contributed by atoms with Crippen LogP contribution in [0.1, 0.15) is 43.6 Å². The summed E-state index contributed by atoms with van der Waals surface area (Å²) in [4.78, 5) is 51.5. The third-order valence-corrected chi connectivity index (χ3v) is 5.46. The predicted molar refractivity (Wildman–Crippen MR) is 122 cm³/mol. The van der Waals surface area contributed by atoms with Crippen LogP contribution >= 0.6 is 0 Å². The number of esters is 1. The van der Waals surface area contributed by atoms with Gasteiger partial charge in [-0.15, -0.1) is 0 Å². The molecule has 1 aliphatic heterocycles. The lowest BCUT2D eigenvalue weighted by Gasteiger charge is -2.14. The van der Waals surface area contributed by atoms with Gasteiger partial charge in [0.25, 0.3) is 17.7 Å². The van der Waals surface area contributed by atoms with Gasteiger partial charge in [-0.05, 0) is 49.2 Å². The smallest absolute Gasteiger partial charge is 0.338 e. The van der Waals surface area contributed by atoms with Crippen LogP contribution in [0, 0.1) is 5.82 Å². The van der Waals surface area contributed by atoms with Crippen molar-refractivity contribution in [1.29, 1.82) is 0 Å². The van der Waals surface area contributed by atoms with Crippen LogP contribution in [0.2, 0.25) is 0 Å². The Morgan fingerprint density at radius 1 is 0.941 bits per heavy atom. The lowest BCUT2D eigenvalue weighted by atomic mass is 10.1. The number of carbonyl (C=O) groups excluding carboxylic acids is 4. The van der Waals surface area contributed by atoms with Gasteiger partial charge in [0.05, 0.1) is 22.4 Å². The van der Waals surface area contributed by atoms with E-state index in [1.165, 1.54) is 43.3 Å². The number of para-hydroxylation sites is 1. The van der Waals surface area contributed by atoms with Gasteiger partial charge in [0, 0.05) is 6.54 Å². The predicted octanol–water partition coefficient (Wildman–Crippen LogP) is 3.85. The number of hydrogen-bond acceptors (Lipinski definition) is 5. The molecular weight excluding hydrogens is 439 g/mol. The normalized spacial score (nSPS) is 13.4. The summed E-state index contributed by atoms with van der Waals surface area (Å²) in [6, 6.07) is 19.2. The van der Waals surface area contributed by atoms with Gasteiger partial charge in [-0.3, -0.25) is 19.3 Å². The molecule has 0 saturated heterocycles. The highest BCUT2D eigenvalue weighted by Crippen LogP contribution is 2.25. The number of imide groups is 1. The van der Waals surface area contributed by atoms with Crippen LogP contribution in [-0.4, -0.2) is 41.2 Å². The Labute approximate surface area is 195 Å². The van der Waals surface area contributed by atoms with Crippen molar-refractivity contribution in [2.24, 2.45) is 0 Å². The Bertz CT molecular complexity index is 1280. The zero-order chi connectivity index (χ0) is 24.2. The summed E-state index contributed by atoms with van der Waals surface area (Å²) < 4.78 is 18.9. The molecule has 0 aliphatic carbocycles. The highest BCUT2D eigenvalue weighted by molar-refractivity contribution is 6.22. The summed E-state index contributed by atoms with van der Waals surface area (Å²) in [5, 5.41) is 2.36. The average molecular weight is 460 g/mol. The maximum atomic E-state index is 13.7. The third kappa shape index (κ3) is 4.71. The van der Waals surface area contributed by atoms with Crippen molar-refractivity contribution in [1.82, 2.24) is 4.90 Å².